The van der Waals surface area contributed by atoms with Crippen LogP contribution in [0.1, 0.15) is 26.2 Å². The van der Waals surface area contributed by atoms with Crippen LogP contribution in [0.4, 0.5) is 5.69 Å². The third kappa shape index (κ3) is 6.43. The highest BCUT2D eigenvalue weighted by Gasteiger charge is 2.04. The van der Waals surface area contributed by atoms with Crippen molar-refractivity contribution in [2.45, 2.75) is 26.2 Å². The number of hydrogen-bond acceptors (Lipinski definition) is 3. The summed E-state index contributed by atoms with van der Waals surface area (Å²) in [6.45, 7) is 2.88. The van der Waals surface area contributed by atoms with Gasteiger partial charge in [0.15, 0.2) is 6.61 Å². The van der Waals surface area contributed by atoms with Crippen molar-refractivity contribution in [2.24, 2.45) is 0 Å². The Morgan fingerprint density at radius 3 is 2.30 bits per heavy atom. The van der Waals surface area contributed by atoms with E-state index in [0.717, 1.165) is 24.5 Å². The van der Waals surface area contributed by atoms with Crippen LogP contribution in [0.2, 0.25) is 0 Å². The van der Waals surface area contributed by atoms with E-state index in [2.05, 4.69) is 12.2 Å². The monoisotopic (exact) mass is 313 g/mol. The number of carbonyl (C=O) groups excluding carboxylic acids is 1. The number of unbranched alkanes of at least 4 members (excludes halogenated alkanes) is 2. The quantitative estimate of drug-likeness (QED) is 0.703. The zero-order valence-electron chi connectivity index (χ0n) is 13.5. The van der Waals surface area contributed by atoms with Crippen LogP contribution in [0.5, 0.6) is 11.5 Å². The Morgan fingerprint density at radius 1 is 0.913 bits per heavy atom. The Hall–Kier alpha value is -2.49. The van der Waals surface area contributed by atoms with E-state index in [1.54, 1.807) is 0 Å². The van der Waals surface area contributed by atoms with Gasteiger partial charge < -0.3 is 14.8 Å². The number of benzene rings is 2. The van der Waals surface area contributed by atoms with Crippen molar-refractivity contribution >= 4 is 11.6 Å². The van der Waals surface area contributed by atoms with E-state index < -0.39 is 0 Å². The summed E-state index contributed by atoms with van der Waals surface area (Å²) in [5, 5.41) is 2.80. The van der Waals surface area contributed by atoms with Crippen LogP contribution in [0.25, 0.3) is 0 Å². The molecular formula is C19H23NO3. The van der Waals surface area contributed by atoms with Crippen LogP contribution in [0.3, 0.4) is 0 Å². The Labute approximate surface area is 137 Å². The highest BCUT2D eigenvalue weighted by Crippen LogP contribution is 2.16. The number of hydrogen-bond donors (Lipinski definition) is 1. The third-order valence-electron chi connectivity index (χ3n) is 3.27. The maximum atomic E-state index is 11.8. The van der Waals surface area contributed by atoms with Gasteiger partial charge in [-0.1, -0.05) is 38.0 Å². The predicted molar refractivity (Wildman–Crippen MR) is 92.0 cm³/mol. The van der Waals surface area contributed by atoms with Crippen molar-refractivity contribution in [2.75, 3.05) is 18.5 Å². The molecule has 0 aromatic heterocycles. The highest BCUT2D eigenvalue weighted by atomic mass is 16.5. The molecule has 122 valence electrons. The second-order valence-corrected chi connectivity index (χ2v) is 5.23. The van der Waals surface area contributed by atoms with Crippen molar-refractivity contribution in [1.82, 2.24) is 0 Å². The van der Waals surface area contributed by atoms with Crippen LogP contribution in [0.15, 0.2) is 54.6 Å². The molecule has 0 saturated carbocycles. The maximum absolute atomic E-state index is 11.8. The number of nitrogens with one attached hydrogen (secondary N) is 1. The zero-order chi connectivity index (χ0) is 16.3. The minimum absolute atomic E-state index is 0.0146. The number of carbonyl (C=O) groups is 1. The molecule has 0 unspecified atom stereocenters. The summed E-state index contributed by atoms with van der Waals surface area (Å²) in [5.74, 6) is 1.31. The molecule has 0 bridgehead atoms. The smallest absolute Gasteiger partial charge is 0.262 e. The Kier molecular flexibility index (Phi) is 6.98. The summed E-state index contributed by atoms with van der Waals surface area (Å²) in [7, 11) is 0. The lowest BCUT2D eigenvalue weighted by molar-refractivity contribution is -0.118. The molecular weight excluding hydrogens is 290 g/mol. The summed E-state index contributed by atoms with van der Waals surface area (Å²) in [6, 6.07) is 16.7. The molecule has 0 saturated heterocycles. The lowest BCUT2D eigenvalue weighted by atomic mass is 10.2. The van der Waals surface area contributed by atoms with Gasteiger partial charge in [-0.2, -0.15) is 0 Å². The number of rotatable bonds is 9. The van der Waals surface area contributed by atoms with Crippen molar-refractivity contribution in [3.05, 3.63) is 54.6 Å². The van der Waals surface area contributed by atoms with Crippen molar-refractivity contribution < 1.29 is 14.3 Å². The lowest BCUT2D eigenvalue weighted by Crippen LogP contribution is -2.20. The third-order valence-corrected chi connectivity index (χ3v) is 3.27. The zero-order valence-corrected chi connectivity index (χ0v) is 13.5. The molecule has 2 aromatic rings. The number of ether oxygens (including phenoxy) is 2. The largest absolute Gasteiger partial charge is 0.494 e. The van der Waals surface area contributed by atoms with Gasteiger partial charge in [0.05, 0.1) is 6.61 Å². The molecule has 1 amide bonds. The molecule has 0 fully saturated rings. The number of para-hydroxylation sites is 1. The van der Waals surface area contributed by atoms with E-state index in [1.807, 2.05) is 54.6 Å². The van der Waals surface area contributed by atoms with Gasteiger partial charge in [0.1, 0.15) is 11.5 Å². The first-order valence-corrected chi connectivity index (χ1v) is 7.98. The normalized spacial score (nSPS) is 10.1. The maximum Gasteiger partial charge on any atom is 0.262 e. The van der Waals surface area contributed by atoms with Gasteiger partial charge in [0.2, 0.25) is 0 Å². The summed E-state index contributed by atoms with van der Waals surface area (Å²) in [4.78, 5) is 11.8. The fraction of sp³-hybridized carbons (Fsp3) is 0.316. The van der Waals surface area contributed by atoms with Gasteiger partial charge in [-0.3, -0.25) is 4.79 Å². The van der Waals surface area contributed by atoms with Gasteiger partial charge in [-0.15, -0.1) is 0 Å². The first-order chi connectivity index (χ1) is 11.3. The first-order valence-electron chi connectivity index (χ1n) is 7.98. The minimum Gasteiger partial charge on any atom is -0.494 e. The van der Waals surface area contributed by atoms with Crippen molar-refractivity contribution in [3.8, 4) is 11.5 Å². The molecule has 4 heteroatoms. The lowest BCUT2D eigenvalue weighted by Gasteiger charge is -2.09. The number of amides is 1. The molecule has 4 nitrogen and oxygen atoms in total. The fourth-order valence-corrected chi connectivity index (χ4v) is 2.04. The molecule has 0 radical (unpaired) electrons. The van der Waals surface area contributed by atoms with Gasteiger partial charge in [0.25, 0.3) is 5.91 Å². The van der Waals surface area contributed by atoms with E-state index in [0.29, 0.717) is 5.75 Å². The molecule has 23 heavy (non-hydrogen) atoms. The van der Waals surface area contributed by atoms with E-state index in [9.17, 15) is 4.79 Å². The van der Waals surface area contributed by atoms with Crippen LogP contribution in [-0.4, -0.2) is 19.1 Å². The topological polar surface area (TPSA) is 47.6 Å². The molecule has 0 aliphatic rings. The summed E-state index contributed by atoms with van der Waals surface area (Å²) in [6.07, 6.45) is 3.42. The molecule has 2 aromatic carbocycles. The standard InChI is InChI=1S/C19H23NO3/c1-2-3-7-14-22-18-12-10-16(11-13-18)20-19(21)15-23-17-8-5-4-6-9-17/h4-6,8-13H,2-3,7,14-15H2,1H3,(H,20,21). The molecule has 1 N–H and O–H groups in total. The van der Waals surface area contributed by atoms with E-state index in [-0.39, 0.29) is 12.5 Å². The van der Waals surface area contributed by atoms with E-state index in [4.69, 9.17) is 9.47 Å². The predicted octanol–water partition coefficient (Wildman–Crippen LogP) is 4.27. The van der Waals surface area contributed by atoms with E-state index >= 15 is 0 Å². The Morgan fingerprint density at radius 2 is 1.61 bits per heavy atom. The molecule has 0 aliphatic heterocycles. The molecule has 0 heterocycles. The van der Waals surface area contributed by atoms with Gasteiger partial charge in [0, 0.05) is 5.69 Å². The SMILES string of the molecule is CCCCCOc1ccc(NC(=O)COc2ccccc2)cc1. The van der Waals surface area contributed by atoms with Crippen LogP contribution in [-0.2, 0) is 4.79 Å². The summed E-state index contributed by atoms with van der Waals surface area (Å²) < 4.78 is 11.0. The van der Waals surface area contributed by atoms with Gasteiger partial charge >= 0.3 is 0 Å². The molecule has 0 aliphatic carbocycles. The fourth-order valence-electron chi connectivity index (χ4n) is 2.04. The van der Waals surface area contributed by atoms with Crippen molar-refractivity contribution in [1.29, 1.82) is 0 Å². The van der Waals surface area contributed by atoms with Crippen LogP contribution in [0, 0.1) is 0 Å². The van der Waals surface area contributed by atoms with Crippen molar-refractivity contribution in [3.63, 3.8) is 0 Å². The Balaban J connectivity index is 1.73. The van der Waals surface area contributed by atoms with Gasteiger partial charge in [-0.05, 0) is 42.8 Å². The van der Waals surface area contributed by atoms with Crippen LogP contribution < -0.4 is 14.8 Å². The van der Waals surface area contributed by atoms with Gasteiger partial charge in [-0.25, -0.2) is 0 Å². The number of anilines is 1. The van der Waals surface area contributed by atoms with Crippen LogP contribution >= 0.6 is 0 Å². The molecule has 0 atom stereocenters. The van der Waals surface area contributed by atoms with E-state index in [1.165, 1.54) is 12.8 Å². The summed E-state index contributed by atoms with van der Waals surface area (Å²) in [5.41, 5.74) is 0.729. The average molecular weight is 313 g/mol. The molecule has 2 rings (SSSR count). The first kappa shape index (κ1) is 16.9. The minimum atomic E-state index is -0.189. The highest BCUT2D eigenvalue weighted by molar-refractivity contribution is 5.91. The second-order valence-electron chi connectivity index (χ2n) is 5.23. The summed E-state index contributed by atoms with van der Waals surface area (Å²) >= 11 is 0. The average Bonchev–Trinajstić information content (AvgIpc) is 2.59. The Bertz CT molecular complexity index is 581. The second kappa shape index (κ2) is 9.51. The molecule has 0 spiro atoms.